The molecule has 0 fully saturated rings. The fourth-order valence-corrected chi connectivity index (χ4v) is 2.43. The molecule has 1 heterocycles. The molecular formula is C12H11F4N3S. The van der Waals surface area contributed by atoms with Gasteiger partial charge in [-0.25, -0.2) is 4.39 Å². The summed E-state index contributed by atoms with van der Waals surface area (Å²) in [6.07, 6.45) is -4.52. The predicted octanol–water partition coefficient (Wildman–Crippen LogP) is 3.64. The molecule has 1 atom stereocenters. The lowest BCUT2D eigenvalue weighted by Gasteiger charge is -2.08. The van der Waals surface area contributed by atoms with Crippen LogP contribution in [0.4, 0.5) is 17.6 Å². The molecular weight excluding hydrogens is 294 g/mol. The monoisotopic (exact) mass is 305 g/mol. The van der Waals surface area contributed by atoms with Crippen LogP contribution >= 0.6 is 11.3 Å². The minimum Gasteiger partial charge on any atom is -0.311 e. The number of halogens is 4. The quantitative estimate of drug-likeness (QED) is 0.880. The van der Waals surface area contributed by atoms with Gasteiger partial charge in [-0.1, -0.05) is 11.3 Å². The minimum absolute atomic E-state index is 0.102. The zero-order valence-corrected chi connectivity index (χ0v) is 11.4. The Morgan fingerprint density at radius 1 is 1.25 bits per heavy atom. The van der Waals surface area contributed by atoms with Gasteiger partial charge in [0.1, 0.15) is 10.8 Å². The Kier molecular flexibility index (Phi) is 4.05. The van der Waals surface area contributed by atoms with Gasteiger partial charge in [-0.3, -0.25) is 0 Å². The van der Waals surface area contributed by atoms with Gasteiger partial charge in [-0.05, 0) is 32.2 Å². The van der Waals surface area contributed by atoms with Gasteiger partial charge in [0.25, 0.3) is 0 Å². The number of alkyl halides is 3. The summed E-state index contributed by atoms with van der Waals surface area (Å²) in [5.41, 5.74) is -1.10. The number of nitrogens with one attached hydrogen (secondary N) is 1. The molecule has 1 N–H and O–H groups in total. The molecule has 8 heteroatoms. The summed E-state index contributed by atoms with van der Waals surface area (Å²) in [4.78, 5) is 0. The number of hydrogen-bond donors (Lipinski definition) is 1. The maximum Gasteiger partial charge on any atom is 0.416 e. The van der Waals surface area contributed by atoms with Crippen molar-refractivity contribution in [3.8, 4) is 10.6 Å². The van der Waals surface area contributed by atoms with Gasteiger partial charge in [-0.2, -0.15) is 13.2 Å². The van der Waals surface area contributed by atoms with E-state index in [1.54, 1.807) is 7.05 Å². The highest BCUT2D eigenvalue weighted by atomic mass is 32.1. The van der Waals surface area contributed by atoms with Gasteiger partial charge in [0, 0.05) is 5.56 Å². The van der Waals surface area contributed by atoms with Crippen molar-refractivity contribution in [2.45, 2.75) is 19.1 Å². The van der Waals surface area contributed by atoms with E-state index in [0.29, 0.717) is 11.1 Å². The van der Waals surface area contributed by atoms with Crippen LogP contribution in [0.2, 0.25) is 0 Å². The van der Waals surface area contributed by atoms with Crippen molar-refractivity contribution in [1.82, 2.24) is 15.5 Å². The summed E-state index contributed by atoms with van der Waals surface area (Å²) in [5, 5.41) is 11.3. The highest BCUT2D eigenvalue weighted by Gasteiger charge is 2.31. The summed E-state index contributed by atoms with van der Waals surface area (Å²) >= 11 is 1.06. The number of rotatable bonds is 3. The van der Waals surface area contributed by atoms with Gasteiger partial charge in [0.05, 0.1) is 11.6 Å². The number of hydrogen-bond acceptors (Lipinski definition) is 4. The zero-order chi connectivity index (χ0) is 14.9. The average Bonchev–Trinajstić information content (AvgIpc) is 2.86. The molecule has 2 aromatic rings. The summed E-state index contributed by atoms with van der Waals surface area (Å²) in [5.74, 6) is -0.752. The molecule has 1 aromatic carbocycles. The molecule has 0 radical (unpaired) electrons. The number of aromatic nitrogens is 2. The first-order chi connectivity index (χ1) is 9.32. The van der Waals surface area contributed by atoms with Gasteiger partial charge >= 0.3 is 6.18 Å². The molecule has 0 saturated heterocycles. The maximum absolute atomic E-state index is 13.7. The molecule has 2 rings (SSSR count). The van der Waals surface area contributed by atoms with Crippen LogP contribution in [0.3, 0.4) is 0 Å². The minimum atomic E-state index is -4.52. The van der Waals surface area contributed by atoms with E-state index >= 15 is 0 Å². The molecule has 0 aliphatic rings. The molecule has 1 unspecified atom stereocenters. The molecule has 0 bridgehead atoms. The summed E-state index contributed by atoms with van der Waals surface area (Å²) in [6, 6.07) is 2.15. The smallest absolute Gasteiger partial charge is 0.311 e. The van der Waals surface area contributed by atoms with E-state index in [4.69, 9.17) is 0 Å². The van der Waals surface area contributed by atoms with Crippen LogP contribution in [0.1, 0.15) is 23.5 Å². The van der Waals surface area contributed by atoms with Crippen molar-refractivity contribution >= 4 is 11.3 Å². The van der Waals surface area contributed by atoms with E-state index in [1.165, 1.54) is 0 Å². The van der Waals surface area contributed by atoms with Crippen molar-refractivity contribution < 1.29 is 17.6 Å². The Bertz CT molecular complexity index is 609. The van der Waals surface area contributed by atoms with Gasteiger partial charge in [0.2, 0.25) is 0 Å². The number of benzene rings is 1. The van der Waals surface area contributed by atoms with Crippen molar-refractivity contribution in [2.24, 2.45) is 0 Å². The lowest BCUT2D eigenvalue weighted by molar-refractivity contribution is -0.137. The molecule has 0 amide bonds. The Hall–Kier alpha value is -1.54. The second kappa shape index (κ2) is 5.45. The molecule has 3 nitrogen and oxygen atoms in total. The van der Waals surface area contributed by atoms with E-state index < -0.39 is 17.6 Å². The predicted molar refractivity (Wildman–Crippen MR) is 67.8 cm³/mol. The molecule has 0 aliphatic heterocycles. The van der Waals surface area contributed by atoms with E-state index in [0.717, 1.165) is 23.5 Å². The Morgan fingerprint density at radius 2 is 1.95 bits per heavy atom. The third kappa shape index (κ3) is 2.96. The molecule has 0 spiro atoms. The molecule has 20 heavy (non-hydrogen) atoms. The fourth-order valence-electron chi connectivity index (χ4n) is 1.51. The van der Waals surface area contributed by atoms with E-state index in [9.17, 15) is 17.6 Å². The Labute approximate surface area is 116 Å². The SMILES string of the molecule is CNC(C)c1nnc(-c2cc(C(F)(F)F)ccc2F)s1. The van der Waals surface area contributed by atoms with Crippen LogP contribution < -0.4 is 5.32 Å². The van der Waals surface area contributed by atoms with E-state index in [-0.39, 0.29) is 16.6 Å². The standard InChI is InChI=1S/C12H11F4N3S/c1-6(17-2)10-18-19-11(20-10)8-5-7(12(14,15)16)3-4-9(8)13/h3-6,17H,1-2H3. The summed E-state index contributed by atoms with van der Waals surface area (Å²) < 4.78 is 51.6. The maximum atomic E-state index is 13.7. The zero-order valence-electron chi connectivity index (χ0n) is 10.6. The van der Waals surface area contributed by atoms with Crippen LogP contribution in [0, 0.1) is 5.82 Å². The molecule has 108 valence electrons. The first kappa shape index (κ1) is 14.9. The van der Waals surface area contributed by atoms with Crippen molar-refractivity contribution in [3.05, 3.63) is 34.6 Å². The van der Waals surface area contributed by atoms with E-state index in [2.05, 4.69) is 15.5 Å². The van der Waals surface area contributed by atoms with Crippen LogP contribution in [0.5, 0.6) is 0 Å². The lowest BCUT2D eigenvalue weighted by Crippen LogP contribution is -2.11. The van der Waals surface area contributed by atoms with Crippen LogP contribution in [0.25, 0.3) is 10.6 Å². The van der Waals surface area contributed by atoms with Gasteiger partial charge < -0.3 is 5.32 Å². The summed E-state index contributed by atoms with van der Waals surface area (Å²) in [7, 11) is 1.72. The van der Waals surface area contributed by atoms with Gasteiger partial charge in [0.15, 0.2) is 5.01 Å². The molecule has 1 aromatic heterocycles. The largest absolute Gasteiger partial charge is 0.416 e. The fraction of sp³-hybridized carbons (Fsp3) is 0.333. The van der Waals surface area contributed by atoms with Crippen molar-refractivity contribution in [1.29, 1.82) is 0 Å². The molecule has 0 saturated carbocycles. The summed E-state index contributed by atoms with van der Waals surface area (Å²) in [6.45, 7) is 1.83. The third-order valence-corrected chi connectivity index (χ3v) is 3.91. The third-order valence-electron chi connectivity index (χ3n) is 2.77. The highest BCUT2D eigenvalue weighted by molar-refractivity contribution is 7.14. The number of nitrogens with zero attached hydrogens (tertiary/aromatic N) is 2. The van der Waals surface area contributed by atoms with Crippen LogP contribution in [-0.4, -0.2) is 17.2 Å². The first-order valence-corrected chi connectivity index (χ1v) is 6.52. The topological polar surface area (TPSA) is 37.8 Å². The second-order valence-corrected chi connectivity index (χ2v) is 5.16. The average molecular weight is 305 g/mol. The highest BCUT2D eigenvalue weighted by Crippen LogP contribution is 2.35. The molecule has 0 aliphatic carbocycles. The van der Waals surface area contributed by atoms with Crippen molar-refractivity contribution in [3.63, 3.8) is 0 Å². The second-order valence-electron chi connectivity index (χ2n) is 4.15. The van der Waals surface area contributed by atoms with Gasteiger partial charge in [-0.15, -0.1) is 10.2 Å². The first-order valence-electron chi connectivity index (χ1n) is 5.70. The lowest BCUT2D eigenvalue weighted by atomic mass is 10.1. The Morgan fingerprint density at radius 3 is 2.55 bits per heavy atom. The van der Waals surface area contributed by atoms with Crippen LogP contribution in [-0.2, 0) is 6.18 Å². The normalized spacial score (nSPS) is 13.5. The van der Waals surface area contributed by atoms with Crippen molar-refractivity contribution in [2.75, 3.05) is 7.05 Å². The van der Waals surface area contributed by atoms with Crippen LogP contribution in [0.15, 0.2) is 18.2 Å². The Balaban J connectivity index is 2.44. The van der Waals surface area contributed by atoms with E-state index in [1.807, 2.05) is 6.92 Å².